The molecule has 1 N–H and O–H groups in total. The van der Waals surface area contributed by atoms with Gasteiger partial charge in [0.15, 0.2) is 5.60 Å². The number of hydrogen-bond donors (Lipinski definition) is 1. The normalized spacial score (nSPS) is 25.4. The second-order valence-electron chi connectivity index (χ2n) is 13.4. The maximum absolute atomic E-state index is 14.8. The van der Waals surface area contributed by atoms with Gasteiger partial charge in [0.05, 0.1) is 58.1 Å². The fourth-order valence-corrected chi connectivity index (χ4v) is 12.1. The third-order valence-corrected chi connectivity index (χ3v) is 14.9. The number of nitrogens with zero attached hydrogens (tertiary/aromatic N) is 3. The molecule has 3 aliphatic rings. The number of anilines is 1. The van der Waals surface area contributed by atoms with Crippen molar-refractivity contribution in [1.29, 1.82) is 0 Å². The van der Waals surface area contributed by atoms with E-state index < -0.39 is 30.6 Å². The topological polar surface area (TPSA) is 149 Å². The van der Waals surface area contributed by atoms with Gasteiger partial charge in [0.25, 0.3) is 11.6 Å². The summed E-state index contributed by atoms with van der Waals surface area (Å²) in [6.45, 7) is 7.11. The number of fused-ring (bicyclic) bond motifs is 2. The van der Waals surface area contributed by atoms with Crippen LogP contribution in [0.25, 0.3) is 0 Å². The number of amides is 2. The van der Waals surface area contributed by atoms with E-state index in [0.29, 0.717) is 30.6 Å². The van der Waals surface area contributed by atoms with Gasteiger partial charge in [-0.05, 0) is 49.4 Å². The Hall–Kier alpha value is -3.81. The Bertz CT molecular complexity index is 1520. The van der Waals surface area contributed by atoms with Gasteiger partial charge in [-0.2, -0.15) is 0 Å². The number of carbonyl (C=O) groups is 3. The molecule has 5 atom stereocenters. The first-order valence-electron chi connectivity index (χ1n) is 16.3. The lowest BCUT2D eigenvalue weighted by Gasteiger charge is -2.37. The first-order valence-corrected chi connectivity index (χ1v) is 19.4. The van der Waals surface area contributed by atoms with Gasteiger partial charge in [0.2, 0.25) is 5.91 Å². The highest BCUT2D eigenvalue weighted by Crippen LogP contribution is 2.60. The SMILES string of the molecule is COC(=O)CCCCN1C(=O)[C@@]2(O[C@@H](CC(=O)N3CCC[C@H]3CO)[C@H]([Si](C)(C)c3ccc(OC)cc3)[C@H]2C)c2cc([N+](=O)[O-])ccc21. The van der Waals surface area contributed by atoms with Crippen molar-refractivity contribution >= 4 is 42.4 Å². The molecular weight excluding hydrogens is 622 g/mol. The number of esters is 1. The van der Waals surface area contributed by atoms with Gasteiger partial charge in [-0.1, -0.05) is 37.3 Å². The molecule has 2 aromatic rings. The average molecular weight is 668 g/mol. The molecule has 254 valence electrons. The molecule has 0 unspecified atom stereocenters. The van der Waals surface area contributed by atoms with Crippen LogP contribution in [-0.2, 0) is 29.5 Å². The number of nitro groups is 1. The summed E-state index contributed by atoms with van der Waals surface area (Å²) < 4.78 is 17.1. The van der Waals surface area contributed by atoms with Gasteiger partial charge in [-0.15, -0.1) is 0 Å². The van der Waals surface area contributed by atoms with Crippen LogP contribution in [0, 0.1) is 16.0 Å². The molecule has 1 spiro atoms. The molecule has 12 nitrogen and oxygen atoms in total. The van der Waals surface area contributed by atoms with Crippen LogP contribution in [0.5, 0.6) is 5.75 Å². The molecule has 2 saturated heterocycles. The monoisotopic (exact) mass is 667 g/mol. The fourth-order valence-electron chi connectivity index (χ4n) is 8.12. The zero-order valence-electron chi connectivity index (χ0n) is 27.8. The van der Waals surface area contributed by atoms with E-state index in [1.807, 2.05) is 31.2 Å². The van der Waals surface area contributed by atoms with Crippen LogP contribution in [-0.4, -0.2) is 86.8 Å². The van der Waals surface area contributed by atoms with Crippen LogP contribution in [0.1, 0.15) is 51.0 Å². The predicted molar refractivity (Wildman–Crippen MR) is 177 cm³/mol. The second kappa shape index (κ2) is 13.7. The van der Waals surface area contributed by atoms with Gasteiger partial charge in [-0.3, -0.25) is 24.5 Å². The molecule has 3 aliphatic heterocycles. The number of likely N-dealkylation sites (tertiary alicyclic amines) is 1. The minimum atomic E-state index is -2.55. The third kappa shape index (κ3) is 6.16. The molecule has 47 heavy (non-hydrogen) atoms. The third-order valence-electron chi connectivity index (χ3n) is 10.6. The van der Waals surface area contributed by atoms with E-state index in [1.54, 1.807) is 23.0 Å². The largest absolute Gasteiger partial charge is 0.497 e. The van der Waals surface area contributed by atoms with Crippen LogP contribution >= 0.6 is 0 Å². The number of aliphatic hydroxyl groups is 1. The van der Waals surface area contributed by atoms with E-state index in [-0.39, 0.29) is 61.0 Å². The van der Waals surface area contributed by atoms with Crippen molar-refractivity contribution in [3.63, 3.8) is 0 Å². The summed E-state index contributed by atoms with van der Waals surface area (Å²) in [6, 6.07) is 12.1. The van der Waals surface area contributed by atoms with Crippen molar-refractivity contribution in [2.45, 2.75) is 81.8 Å². The lowest BCUT2D eigenvalue weighted by Crippen LogP contribution is -2.52. The summed E-state index contributed by atoms with van der Waals surface area (Å²) in [6.07, 6.45) is 2.12. The highest BCUT2D eigenvalue weighted by atomic mass is 28.3. The van der Waals surface area contributed by atoms with Crippen molar-refractivity contribution in [3.8, 4) is 5.75 Å². The van der Waals surface area contributed by atoms with E-state index in [4.69, 9.17) is 14.2 Å². The number of unbranched alkanes of at least 4 members (excludes halogenated alkanes) is 1. The van der Waals surface area contributed by atoms with Gasteiger partial charge in [0, 0.05) is 43.1 Å². The van der Waals surface area contributed by atoms with Crippen molar-refractivity contribution < 1.29 is 38.6 Å². The molecular formula is C34H45N3O9Si. The number of non-ortho nitro benzene ring substituents is 1. The maximum atomic E-state index is 14.8. The molecule has 5 rings (SSSR count). The first-order chi connectivity index (χ1) is 22.4. The van der Waals surface area contributed by atoms with Gasteiger partial charge < -0.3 is 29.1 Å². The Morgan fingerprint density at radius 3 is 2.51 bits per heavy atom. The van der Waals surface area contributed by atoms with E-state index >= 15 is 0 Å². The van der Waals surface area contributed by atoms with Crippen LogP contribution in [0.15, 0.2) is 42.5 Å². The van der Waals surface area contributed by atoms with E-state index in [1.165, 1.54) is 19.2 Å². The number of rotatable bonds is 12. The average Bonchev–Trinajstić information content (AvgIpc) is 3.73. The molecule has 0 radical (unpaired) electrons. The number of carbonyl (C=O) groups excluding carboxylic acids is 3. The smallest absolute Gasteiger partial charge is 0.305 e. The fraction of sp³-hybridized carbons (Fsp3) is 0.559. The first kappa shape index (κ1) is 34.5. The van der Waals surface area contributed by atoms with E-state index in [0.717, 1.165) is 23.8 Å². The number of nitro benzene ring substituents is 1. The highest BCUT2D eigenvalue weighted by molar-refractivity contribution is 6.91. The maximum Gasteiger partial charge on any atom is 0.305 e. The standard InChI is InChI=1S/C34H45N3O9Si/c1-22-32(47(4,5)26-14-12-25(44-2)13-15-26)29(20-30(39)35-18-8-9-24(35)21-38)46-34(22)27-19-23(37(42)43)11-16-28(27)36(33(34)41)17-7-6-10-31(40)45-3/h11-16,19,22,24,29,32,38H,6-10,17-18,20-21H2,1-5H3/t22-,24+,29+,32-,34+/m1/s1. The molecule has 0 aromatic heterocycles. The number of ether oxygens (including phenoxy) is 3. The molecule has 2 amide bonds. The van der Waals surface area contributed by atoms with E-state index in [2.05, 4.69) is 13.1 Å². The summed E-state index contributed by atoms with van der Waals surface area (Å²) in [5.74, 6) is -0.501. The Balaban J connectivity index is 1.58. The quantitative estimate of drug-likeness (QED) is 0.117. The van der Waals surface area contributed by atoms with Crippen LogP contribution in [0.3, 0.4) is 0 Å². The number of aliphatic hydroxyl groups excluding tert-OH is 1. The molecule has 0 saturated carbocycles. The summed E-state index contributed by atoms with van der Waals surface area (Å²) >= 11 is 0. The molecule has 3 heterocycles. The van der Waals surface area contributed by atoms with Crippen LogP contribution in [0.4, 0.5) is 11.4 Å². The lowest BCUT2D eigenvalue weighted by atomic mass is 9.82. The van der Waals surface area contributed by atoms with Gasteiger partial charge in [0.1, 0.15) is 5.75 Å². The van der Waals surface area contributed by atoms with Crippen molar-refractivity contribution in [2.24, 2.45) is 5.92 Å². The van der Waals surface area contributed by atoms with Gasteiger partial charge in [-0.25, -0.2) is 0 Å². The van der Waals surface area contributed by atoms with Crippen LogP contribution in [0.2, 0.25) is 18.6 Å². The molecule has 13 heteroatoms. The molecule has 2 aromatic carbocycles. The minimum absolute atomic E-state index is 0.0243. The number of hydrogen-bond acceptors (Lipinski definition) is 9. The van der Waals surface area contributed by atoms with Crippen LogP contribution < -0.4 is 14.8 Å². The highest BCUT2D eigenvalue weighted by Gasteiger charge is 2.66. The van der Waals surface area contributed by atoms with Crippen molar-refractivity contribution in [3.05, 3.63) is 58.1 Å². The minimum Gasteiger partial charge on any atom is -0.497 e. The Kier molecular flexibility index (Phi) is 10.1. The molecule has 2 fully saturated rings. The summed E-state index contributed by atoms with van der Waals surface area (Å²) in [5, 5.41) is 23.0. The van der Waals surface area contributed by atoms with E-state index in [9.17, 15) is 29.6 Å². The zero-order chi connectivity index (χ0) is 34.1. The van der Waals surface area contributed by atoms with Gasteiger partial charge >= 0.3 is 5.97 Å². The number of benzene rings is 2. The van der Waals surface area contributed by atoms with Crippen molar-refractivity contribution in [2.75, 3.05) is 38.8 Å². The Labute approximate surface area is 276 Å². The Morgan fingerprint density at radius 2 is 1.87 bits per heavy atom. The molecule has 0 bridgehead atoms. The summed E-state index contributed by atoms with van der Waals surface area (Å²) in [5.41, 5.74) is -0.946. The predicted octanol–water partition coefficient (Wildman–Crippen LogP) is 3.88. The number of methoxy groups -OCH3 is 2. The van der Waals surface area contributed by atoms with Crippen molar-refractivity contribution in [1.82, 2.24) is 4.90 Å². The second-order valence-corrected chi connectivity index (χ2v) is 18.1. The Morgan fingerprint density at radius 1 is 1.15 bits per heavy atom. The lowest BCUT2D eigenvalue weighted by molar-refractivity contribution is -0.385. The summed E-state index contributed by atoms with van der Waals surface area (Å²) in [7, 11) is 0.395. The molecule has 0 aliphatic carbocycles. The summed E-state index contributed by atoms with van der Waals surface area (Å²) in [4.78, 5) is 55.2. The zero-order valence-corrected chi connectivity index (χ0v) is 28.8.